The van der Waals surface area contributed by atoms with E-state index >= 15 is 0 Å². The molecule has 1 unspecified atom stereocenters. The van der Waals surface area contributed by atoms with E-state index in [1.165, 1.54) is 6.21 Å². The van der Waals surface area contributed by atoms with E-state index < -0.39 is 12.1 Å². The van der Waals surface area contributed by atoms with E-state index in [1.807, 2.05) is 6.07 Å². The van der Waals surface area contributed by atoms with Gasteiger partial charge in [-0.05, 0) is 12.5 Å². The Morgan fingerprint density at radius 2 is 2.31 bits per heavy atom. The zero-order valence-corrected chi connectivity index (χ0v) is 9.52. The Morgan fingerprint density at radius 3 is 2.88 bits per heavy atom. The normalized spacial score (nSPS) is 12.6. The number of benzene rings is 1. The molecule has 1 atom stereocenters. The molecule has 0 saturated heterocycles. The van der Waals surface area contributed by atoms with Crippen LogP contribution in [0.5, 0.6) is 0 Å². The molecule has 0 aliphatic carbocycles. The molecule has 0 aliphatic rings. The summed E-state index contributed by atoms with van der Waals surface area (Å²) >= 11 is 5.87. The molecule has 1 N–H and O–H groups in total. The first-order valence-corrected chi connectivity index (χ1v) is 5.19. The molecule has 1 aromatic carbocycles. The largest absolute Gasteiger partial charge is 0.478 e. The maximum atomic E-state index is 10.6. The quantitative estimate of drug-likeness (QED) is 0.637. The molecule has 0 aliphatic heterocycles. The minimum absolute atomic E-state index is 0.356. The molecule has 0 radical (unpaired) electrons. The van der Waals surface area contributed by atoms with Crippen molar-refractivity contribution in [2.24, 2.45) is 5.16 Å². The van der Waals surface area contributed by atoms with Crippen molar-refractivity contribution < 1.29 is 14.7 Å². The molecule has 0 saturated carbocycles. The van der Waals surface area contributed by atoms with Crippen LogP contribution in [0.3, 0.4) is 0 Å². The summed E-state index contributed by atoms with van der Waals surface area (Å²) < 4.78 is 0. The highest BCUT2D eigenvalue weighted by Crippen LogP contribution is 2.12. The molecule has 0 aromatic heterocycles. The first-order chi connectivity index (χ1) is 7.65. The van der Waals surface area contributed by atoms with Crippen molar-refractivity contribution >= 4 is 23.8 Å². The Kier molecular flexibility index (Phi) is 4.79. The average molecular weight is 242 g/mol. The zero-order valence-electron chi connectivity index (χ0n) is 8.76. The van der Waals surface area contributed by atoms with Crippen molar-refractivity contribution in [3.8, 4) is 0 Å². The maximum Gasteiger partial charge on any atom is 0.347 e. The average Bonchev–Trinajstić information content (AvgIpc) is 2.26. The second kappa shape index (κ2) is 6.12. The maximum absolute atomic E-state index is 10.6. The number of carboxylic acids is 1. The third-order valence-corrected chi connectivity index (χ3v) is 2.28. The van der Waals surface area contributed by atoms with Crippen LogP contribution >= 0.6 is 11.6 Å². The lowest BCUT2D eigenvalue weighted by Crippen LogP contribution is -2.20. The number of aliphatic carboxylic acids is 1. The van der Waals surface area contributed by atoms with E-state index in [0.29, 0.717) is 17.0 Å². The summed E-state index contributed by atoms with van der Waals surface area (Å²) in [4.78, 5) is 15.4. The first-order valence-electron chi connectivity index (χ1n) is 4.81. The summed E-state index contributed by atoms with van der Waals surface area (Å²) in [6.45, 7) is 1.71. The summed E-state index contributed by atoms with van der Waals surface area (Å²) in [7, 11) is 0. The Morgan fingerprint density at radius 1 is 1.62 bits per heavy atom. The Bertz CT molecular complexity index is 393. The fourth-order valence-electron chi connectivity index (χ4n) is 1.03. The fraction of sp³-hybridized carbons (Fsp3) is 0.273. The third kappa shape index (κ3) is 3.55. The molecular weight excluding hydrogens is 230 g/mol. The molecular formula is C11H12ClNO3. The van der Waals surface area contributed by atoms with Crippen LogP contribution < -0.4 is 0 Å². The van der Waals surface area contributed by atoms with Gasteiger partial charge in [-0.2, -0.15) is 0 Å². The molecule has 4 nitrogen and oxygen atoms in total. The number of oxime groups is 1. The molecule has 1 rings (SSSR count). The number of hydrogen-bond donors (Lipinski definition) is 1. The molecule has 0 heterocycles. The smallest absolute Gasteiger partial charge is 0.347 e. The van der Waals surface area contributed by atoms with Gasteiger partial charge in [-0.1, -0.05) is 41.9 Å². The van der Waals surface area contributed by atoms with Gasteiger partial charge >= 0.3 is 5.97 Å². The Hall–Kier alpha value is -1.55. The molecule has 5 heteroatoms. The number of hydrogen-bond acceptors (Lipinski definition) is 3. The summed E-state index contributed by atoms with van der Waals surface area (Å²) in [6.07, 6.45) is 0.835. The highest BCUT2D eigenvalue weighted by molar-refractivity contribution is 6.33. The molecule has 0 spiro atoms. The van der Waals surface area contributed by atoms with Gasteiger partial charge in [0.05, 0.1) is 6.21 Å². The summed E-state index contributed by atoms with van der Waals surface area (Å²) in [5.74, 6) is -1.03. The fourth-order valence-corrected chi connectivity index (χ4v) is 1.22. The van der Waals surface area contributed by atoms with Crippen LogP contribution in [0.2, 0.25) is 5.02 Å². The van der Waals surface area contributed by atoms with Gasteiger partial charge in [-0.15, -0.1) is 0 Å². The van der Waals surface area contributed by atoms with Crippen molar-refractivity contribution in [1.29, 1.82) is 0 Å². The van der Waals surface area contributed by atoms with E-state index in [0.717, 1.165) is 0 Å². The highest BCUT2D eigenvalue weighted by atomic mass is 35.5. The van der Waals surface area contributed by atoms with Crippen molar-refractivity contribution in [3.05, 3.63) is 34.9 Å². The van der Waals surface area contributed by atoms with Gasteiger partial charge in [0.25, 0.3) is 0 Å². The van der Waals surface area contributed by atoms with Crippen LogP contribution in [-0.2, 0) is 9.63 Å². The Labute approximate surface area is 98.5 Å². The summed E-state index contributed by atoms with van der Waals surface area (Å²) in [6, 6.07) is 7.09. The van der Waals surface area contributed by atoms with Gasteiger partial charge in [0, 0.05) is 10.6 Å². The molecule has 86 valence electrons. The van der Waals surface area contributed by atoms with E-state index in [1.54, 1.807) is 25.1 Å². The molecule has 0 amide bonds. The van der Waals surface area contributed by atoms with Crippen LogP contribution in [0.4, 0.5) is 0 Å². The number of carbonyl (C=O) groups is 1. The minimum atomic E-state index is -1.03. The summed E-state index contributed by atoms with van der Waals surface area (Å²) in [5, 5.41) is 12.8. The van der Waals surface area contributed by atoms with Crippen molar-refractivity contribution in [2.75, 3.05) is 0 Å². The van der Waals surface area contributed by atoms with Gasteiger partial charge in [0.15, 0.2) is 0 Å². The number of carboxylic acid groups (broad SMARTS) is 1. The van der Waals surface area contributed by atoms with Crippen molar-refractivity contribution in [2.45, 2.75) is 19.4 Å². The van der Waals surface area contributed by atoms with E-state index in [-0.39, 0.29) is 0 Å². The van der Waals surface area contributed by atoms with Crippen LogP contribution in [0, 0.1) is 0 Å². The first kappa shape index (κ1) is 12.5. The van der Waals surface area contributed by atoms with E-state index in [4.69, 9.17) is 21.5 Å². The van der Waals surface area contributed by atoms with Crippen molar-refractivity contribution in [3.63, 3.8) is 0 Å². The van der Waals surface area contributed by atoms with Crippen LogP contribution in [0.15, 0.2) is 29.4 Å². The predicted molar refractivity (Wildman–Crippen MR) is 61.8 cm³/mol. The molecule has 16 heavy (non-hydrogen) atoms. The number of halogens is 1. The number of nitrogens with zero attached hydrogens (tertiary/aromatic N) is 1. The zero-order chi connectivity index (χ0) is 12.0. The standard InChI is InChI=1S/C11H12ClNO3/c1-2-10(11(14)15)16-13-7-8-5-3-4-6-9(8)12/h3-7,10H,2H2,1H3,(H,14,15)/b13-7+. The van der Waals surface area contributed by atoms with Gasteiger partial charge in [0.1, 0.15) is 0 Å². The monoisotopic (exact) mass is 241 g/mol. The minimum Gasteiger partial charge on any atom is -0.478 e. The second-order valence-corrected chi connectivity index (χ2v) is 3.50. The highest BCUT2D eigenvalue weighted by Gasteiger charge is 2.15. The van der Waals surface area contributed by atoms with Gasteiger partial charge in [0.2, 0.25) is 6.10 Å². The van der Waals surface area contributed by atoms with Crippen LogP contribution in [-0.4, -0.2) is 23.4 Å². The Balaban J connectivity index is 2.61. The lowest BCUT2D eigenvalue weighted by atomic mass is 10.2. The van der Waals surface area contributed by atoms with Crippen LogP contribution in [0.1, 0.15) is 18.9 Å². The predicted octanol–water partition coefficient (Wildman–Crippen LogP) is 2.55. The second-order valence-electron chi connectivity index (χ2n) is 3.10. The lowest BCUT2D eigenvalue weighted by Gasteiger charge is -2.06. The number of rotatable bonds is 5. The third-order valence-electron chi connectivity index (χ3n) is 1.93. The van der Waals surface area contributed by atoms with Crippen LogP contribution in [0.25, 0.3) is 0 Å². The van der Waals surface area contributed by atoms with Gasteiger partial charge in [-0.3, -0.25) is 0 Å². The molecule has 0 bridgehead atoms. The lowest BCUT2D eigenvalue weighted by molar-refractivity contribution is -0.150. The molecule has 1 aromatic rings. The topological polar surface area (TPSA) is 58.9 Å². The van der Waals surface area contributed by atoms with Crippen molar-refractivity contribution in [1.82, 2.24) is 0 Å². The van der Waals surface area contributed by atoms with Gasteiger partial charge in [-0.25, -0.2) is 4.79 Å². The van der Waals surface area contributed by atoms with E-state index in [2.05, 4.69) is 5.16 Å². The van der Waals surface area contributed by atoms with E-state index in [9.17, 15) is 4.79 Å². The van der Waals surface area contributed by atoms with Gasteiger partial charge < -0.3 is 9.94 Å². The SMILES string of the molecule is CCC(O/N=C/c1ccccc1Cl)C(=O)O. The summed E-state index contributed by atoms with van der Waals surface area (Å²) in [5.41, 5.74) is 0.685. The molecule has 0 fully saturated rings.